The number of fused-ring (bicyclic) bond motifs is 1. The molecule has 3 heterocycles. The Kier molecular flexibility index (Phi) is 9.79. The molecule has 6 rings (SSSR count). The number of hydrogen-bond donors (Lipinski definition) is 2. The van der Waals surface area contributed by atoms with Crippen LogP contribution in [0.15, 0.2) is 72.2 Å². The number of amides is 3. The molecule has 1 unspecified atom stereocenters. The minimum Gasteiger partial charge on any atom is -0.508 e. The first-order chi connectivity index (χ1) is 22.8. The third kappa shape index (κ3) is 7.13. The molecule has 0 aliphatic carbocycles. The number of ether oxygens (including phenoxy) is 1. The van der Waals surface area contributed by atoms with Crippen molar-refractivity contribution in [3.8, 4) is 16.9 Å². The van der Waals surface area contributed by atoms with Crippen molar-refractivity contribution in [3.05, 3.63) is 94.7 Å². The van der Waals surface area contributed by atoms with Gasteiger partial charge in [-0.15, -0.1) is 11.3 Å². The molecule has 3 amide bonds. The normalized spacial score (nSPS) is 15.1. The monoisotopic (exact) mass is 657 g/mol. The van der Waals surface area contributed by atoms with Crippen LogP contribution in [0.4, 0.5) is 15.2 Å². The molecule has 3 aromatic carbocycles. The zero-order valence-corrected chi connectivity index (χ0v) is 26.8. The molecule has 1 aromatic heterocycles. The van der Waals surface area contributed by atoms with Crippen molar-refractivity contribution < 1.29 is 28.6 Å². The fraction of sp³-hybridized carbons (Fsp3) is 0.314. The summed E-state index contributed by atoms with van der Waals surface area (Å²) in [5.41, 5.74) is 3.97. The van der Waals surface area contributed by atoms with E-state index in [1.165, 1.54) is 28.5 Å². The van der Waals surface area contributed by atoms with Crippen molar-refractivity contribution in [2.45, 2.75) is 32.4 Å². The Labute approximate surface area is 276 Å². The number of aromatic hydroxyl groups is 1. The van der Waals surface area contributed by atoms with Crippen LogP contribution in [0.3, 0.4) is 0 Å². The molecule has 12 heteroatoms. The van der Waals surface area contributed by atoms with Gasteiger partial charge in [0.05, 0.1) is 13.0 Å². The number of nitrogens with zero attached hydrogens (tertiary/aromatic N) is 4. The quantitative estimate of drug-likeness (QED) is 0.206. The van der Waals surface area contributed by atoms with Crippen molar-refractivity contribution in [3.63, 3.8) is 0 Å². The molecule has 4 aromatic rings. The molecule has 0 radical (unpaired) electrons. The highest BCUT2D eigenvalue weighted by Crippen LogP contribution is 2.38. The van der Waals surface area contributed by atoms with E-state index in [-0.39, 0.29) is 23.8 Å². The van der Waals surface area contributed by atoms with Crippen LogP contribution in [0.1, 0.15) is 47.3 Å². The standard InChI is InChI=1S/C35H36FN5O5S/c1-2-17-46-18-11-31(43)40-15-13-39(14-16-40)27-8-5-23(6-9-27)24-3-4-25-22-41(34(45)28(25)20-24)32(29-21-26(36)7-10-30(29)42)33(44)38-35-37-12-19-47-35/h3-10,12,19-21,32,42H,2,11,13-18,22H2,1H3,(H,37,38,44). The highest BCUT2D eigenvalue weighted by atomic mass is 32.1. The summed E-state index contributed by atoms with van der Waals surface area (Å²) >= 11 is 1.21. The lowest BCUT2D eigenvalue weighted by atomic mass is 10.00. The Morgan fingerprint density at radius 2 is 1.79 bits per heavy atom. The van der Waals surface area contributed by atoms with E-state index in [0.717, 1.165) is 54.0 Å². The molecule has 1 saturated heterocycles. The summed E-state index contributed by atoms with van der Waals surface area (Å²) < 4.78 is 19.8. The summed E-state index contributed by atoms with van der Waals surface area (Å²) in [6.45, 7) is 6.09. The second-order valence-corrected chi connectivity index (χ2v) is 12.4. The number of hydrogen-bond acceptors (Lipinski definition) is 8. The molecule has 47 heavy (non-hydrogen) atoms. The van der Waals surface area contributed by atoms with E-state index in [2.05, 4.69) is 15.2 Å². The number of anilines is 2. The summed E-state index contributed by atoms with van der Waals surface area (Å²) in [7, 11) is 0. The van der Waals surface area contributed by atoms with Crippen LogP contribution in [0.5, 0.6) is 5.75 Å². The third-order valence-electron chi connectivity index (χ3n) is 8.46. The first-order valence-electron chi connectivity index (χ1n) is 15.7. The molecule has 2 aliphatic heterocycles. The van der Waals surface area contributed by atoms with Crippen LogP contribution in [0, 0.1) is 5.82 Å². The summed E-state index contributed by atoms with van der Waals surface area (Å²) in [5, 5.41) is 15.3. The van der Waals surface area contributed by atoms with E-state index in [4.69, 9.17) is 4.74 Å². The summed E-state index contributed by atoms with van der Waals surface area (Å²) in [6, 6.07) is 15.8. The Morgan fingerprint density at radius 1 is 1.02 bits per heavy atom. The van der Waals surface area contributed by atoms with Gasteiger partial charge in [-0.05, 0) is 59.5 Å². The Bertz CT molecular complexity index is 1740. The molecular weight excluding hydrogens is 621 g/mol. The minimum atomic E-state index is -1.29. The zero-order chi connectivity index (χ0) is 32.9. The number of nitrogens with one attached hydrogen (secondary N) is 1. The number of benzene rings is 3. The van der Waals surface area contributed by atoms with Gasteiger partial charge < -0.3 is 24.5 Å². The fourth-order valence-electron chi connectivity index (χ4n) is 6.01. The fourth-order valence-corrected chi connectivity index (χ4v) is 6.54. The van der Waals surface area contributed by atoms with Gasteiger partial charge in [-0.25, -0.2) is 9.37 Å². The van der Waals surface area contributed by atoms with E-state index in [1.807, 2.05) is 54.3 Å². The molecule has 10 nitrogen and oxygen atoms in total. The number of rotatable bonds is 11. The maximum atomic E-state index is 14.3. The van der Waals surface area contributed by atoms with Crippen LogP contribution in [0.25, 0.3) is 11.1 Å². The molecule has 0 bridgehead atoms. The maximum absolute atomic E-state index is 14.3. The summed E-state index contributed by atoms with van der Waals surface area (Å²) in [4.78, 5) is 49.5. The van der Waals surface area contributed by atoms with E-state index in [1.54, 1.807) is 5.38 Å². The van der Waals surface area contributed by atoms with Gasteiger partial charge in [0.1, 0.15) is 17.6 Å². The molecule has 1 atom stereocenters. The highest BCUT2D eigenvalue weighted by Gasteiger charge is 2.39. The molecule has 244 valence electrons. The van der Waals surface area contributed by atoms with Gasteiger partial charge in [0.15, 0.2) is 5.13 Å². The molecule has 2 N–H and O–H groups in total. The third-order valence-corrected chi connectivity index (χ3v) is 9.14. The van der Waals surface area contributed by atoms with Crippen LogP contribution in [-0.2, 0) is 20.9 Å². The van der Waals surface area contributed by atoms with Gasteiger partial charge in [0, 0.05) is 67.7 Å². The van der Waals surface area contributed by atoms with Crippen molar-refractivity contribution >= 4 is 39.9 Å². The van der Waals surface area contributed by atoms with Crippen molar-refractivity contribution in [2.24, 2.45) is 0 Å². The van der Waals surface area contributed by atoms with Gasteiger partial charge in [-0.2, -0.15) is 0 Å². The highest BCUT2D eigenvalue weighted by molar-refractivity contribution is 7.13. The van der Waals surface area contributed by atoms with Crippen LogP contribution in [-0.4, -0.2) is 77.0 Å². The van der Waals surface area contributed by atoms with Gasteiger partial charge >= 0.3 is 0 Å². The van der Waals surface area contributed by atoms with Crippen molar-refractivity contribution in [1.29, 1.82) is 0 Å². The van der Waals surface area contributed by atoms with Crippen molar-refractivity contribution in [2.75, 3.05) is 49.6 Å². The van der Waals surface area contributed by atoms with E-state index < -0.39 is 23.7 Å². The van der Waals surface area contributed by atoms with Crippen LogP contribution < -0.4 is 10.2 Å². The topological polar surface area (TPSA) is 115 Å². The average molecular weight is 658 g/mol. The number of aromatic nitrogens is 1. The van der Waals surface area contributed by atoms with Gasteiger partial charge in [-0.1, -0.05) is 31.2 Å². The number of carbonyl (C=O) groups is 3. The first kappa shape index (κ1) is 32.1. The number of piperazine rings is 1. The molecule has 0 spiro atoms. The Hall–Kier alpha value is -4.81. The second-order valence-electron chi connectivity index (χ2n) is 11.5. The Balaban J connectivity index is 1.15. The predicted octanol–water partition coefficient (Wildman–Crippen LogP) is 5.46. The lowest BCUT2D eigenvalue weighted by molar-refractivity contribution is -0.132. The van der Waals surface area contributed by atoms with Gasteiger partial charge in [0.2, 0.25) is 5.91 Å². The molecule has 0 saturated carbocycles. The van der Waals surface area contributed by atoms with Crippen LogP contribution in [0.2, 0.25) is 0 Å². The van der Waals surface area contributed by atoms with Gasteiger partial charge in [0.25, 0.3) is 11.8 Å². The van der Waals surface area contributed by atoms with Gasteiger partial charge in [-0.3, -0.25) is 19.7 Å². The minimum absolute atomic E-state index is 0.0118. The van der Waals surface area contributed by atoms with Crippen molar-refractivity contribution in [1.82, 2.24) is 14.8 Å². The zero-order valence-electron chi connectivity index (χ0n) is 26.0. The average Bonchev–Trinajstić information content (AvgIpc) is 3.72. The number of carbonyl (C=O) groups excluding carboxylic acids is 3. The lowest BCUT2D eigenvalue weighted by Gasteiger charge is -2.36. The lowest BCUT2D eigenvalue weighted by Crippen LogP contribution is -2.49. The SMILES string of the molecule is CCCOCCC(=O)N1CCN(c2ccc(-c3ccc4c(c3)C(=O)N(C(C(=O)Nc3nccs3)c3cc(F)ccc3O)C4)cc2)CC1. The maximum Gasteiger partial charge on any atom is 0.255 e. The number of phenolic OH excluding ortho intramolecular Hbond substituents is 1. The summed E-state index contributed by atoms with van der Waals surface area (Å²) in [6.07, 6.45) is 2.88. The van der Waals surface area contributed by atoms with E-state index in [9.17, 15) is 23.9 Å². The second kappa shape index (κ2) is 14.3. The largest absolute Gasteiger partial charge is 0.508 e. The molecule has 2 aliphatic rings. The number of halogens is 1. The first-order valence-corrected chi connectivity index (χ1v) is 16.5. The van der Waals surface area contributed by atoms with E-state index in [0.29, 0.717) is 43.4 Å². The number of phenols is 1. The van der Waals surface area contributed by atoms with Crippen LogP contribution >= 0.6 is 11.3 Å². The smallest absolute Gasteiger partial charge is 0.255 e. The number of thiazole rings is 1. The predicted molar refractivity (Wildman–Crippen MR) is 178 cm³/mol. The molecular formula is C35H36FN5O5S. The molecule has 1 fully saturated rings. The van der Waals surface area contributed by atoms with E-state index >= 15 is 0 Å². The Morgan fingerprint density at radius 3 is 2.51 bits per heavy atom. The summed E-state index contributed by atoms with van der Waals surface area (Å²) in [5.74, 6) is -1.81.